The average Bonchev–Trinajstić information content (AvgIpc) is 2.54. The van der Waals surface area contributed by atoms with Crippen molar-refractivity contribution in [2.24, 2.45) is 0 Å². The summed E-state index contributed by atoms with van der Waals surface area (Å²) in [5, 5.41) is 12.1. The van der Waals surface area contributed by atoms with E-state index < -0.39 is 5.97 Å². The summed E-state index contributed by atoms with van der Waals surface area (Å²) in [6.45, 7) is 12.0. The predicted molar refractivity (Wildman–Crippen MR) is 105 cm³/mol. The number of esters is 1. The molecular weight excluding hydrogens is 326 g/mol. The van der Waals surface area contributed by atoms with E-state index in [-0.39, 0.29) is 5.54 Å². The number of hydrogen-bond acceptors (Lipinski definition) is 5. The molecule has 0 fully saturated rings. The molecular formula is C21H27N3O2. The molecule has 0 atom stereocenters. The van der Waals surface area contributed by atoms with Gasteiger partial charge in [-0.1, -0.05) is 29.8 Å². The first kappa shape index (κ1) is 19.6. The van der Waals surface area contributed by atoms with E-state index in [1.165, 1.54) is 6.20 Å². The van der Waals surface area contributed by atoms with E-state index in [0.29, 0.717) is 34.8 Å². The first-order chi connectivity index (χ1) is 12.1. The van der Waals surface area contributed by atoms with Gasteiger partial charge in [0.05, 0.1) is 17.9 Å². The number of nitrogens with zero attached hydrogens (tertiary/aromatic N) is 1. The van der Waals surface area contributed by atoms with Crippen molar-refractivity contribution in [1.82, 2.24) is 4.98 Å². The van der Waals surface area contributed by atoms with Crippen LogP contribution in [0.2, 0.25) is 0 Å². The highest BCUT2D eigenvalue weighted by molar-refractivity contribution is 6.15. The van der Waals surface area contributed by atoms with E-state index in [1.54, 1.807) is 6.92 Å². The van der Waals surface area contributed by atoms with Gasteiger partial charge in [-0.05, 0) is 47.1 Å². The van der Waals surface area contributed by atoms with Crippen LogP contribution in [-0.4, -0.2) is 28.8 Å². The van der Waals surface area contributed by atoms with Crippen molar-refractivity contribution in [3.63, 3.8) is 0 Å². The minimum atomic E-state index is -0.419. The fraction of sp³-hybridized carbons (Fsp3) is 0.381. The van der Waals surface area contributed by atoms with E-state index in [2.05, 4.69) is 10.3 Å². The maximum atomic E-state index is 12.3. The summed E-state index contributed by atoms with van der Waals surface area (Å²) in [5.74, 6) is 0.173. The molecule has 0 unspecified atom stereocenters. The molecule has 5 heteroatoms. The van der Waals surface area contributed by atoms with E-state index in [9.17, 15) is 4.79 Å². The molecule has 0 amide bonds. The van der Waals surface area contributed by atoms with E-state index in [0.717, 1.165) is 11.1 Å². The molecule has 0 saturated heterocycles. The van der Waals surface area contributed by atoms with Gasteiger partial charge in [-0.2, -0.15) is 0 Å². The van der Waals surface area contributed by atoms with Crippen molar-refractivity contribution >= 4 is 17.5 Å². The number of anilines is 1. The second kappa shape index (κ2) is 7.68. The third-order valence-corrected chi connectivity index (χ3v) is 3.92. The molecule has 1 heterocycles. The number of carbonyl (C=O) groups is 1. The summed E-state index contributed by atoms with van der Waals surface area (Å²) in [5.41, 5.74) is 3.70. The van der Waals surface area contributed by atoms with Crippen molar-refractivity contribution in [2.45, 2.75) is 47.1 Å². The zero-order valence-electron chi connectivity index (χ0n) is 16.4. The Morgan fingerprint density at radius 3 is 2.35 bits per heavy atom. The number of aryl methyl sites for hydroxylation is 1. The largest absolute Gasteiger partial charge is 0.462 e. The zero-order valence-corrected chi connectivity index (χ0v) is 16.4. The molecule has 0 spiro atoms. The molecule has 0 saturated carbocycles. The Bertz CT molecular complexity index is 818. The zero-order chi connectivity index (χ0) is 19.5. The fourth-order valence-corrected chi connectivity index (χ4v) is 2.64. The fourth-order valence-electron chi connectivity index (χ4n) is 2.64. The molecule has 1 aromatic carbocycles. The third kappa shape index (κ3) is 4.48. The van der Waals surface area contributed by atoms with E-state index in [4.69, 9.17) is 10.1 Å². The summed E-state index contributed by atoms with van der Waals surface area (Å²) >= 11 is 0. The highest BCUT2D eigenvalue weighted by Crippen LogP contribution is 2.26. The molecule has 5 nitrogen and oxygen atoms in total. The number of hydrogen-bond donors (Lipinski definition) is 2. The van der Waals surface area contributed by atoms with Gasteiger partial charge in [0.1, 0.15) is 5.82 Å². The van der Waals surface area contributed by atoms with Crippen LogP contribution < -0.4 is 5.32 Å². The highest BCUT2D eigenvalue weighted by atomic mass is 16.5. The first-order valence-corrected chi connectivity index (χ1v) is 8.75. The Hall–Kier alpha value is -2.69. The summed E-state index contributed by atoms with van der Waals surface area (Å²) < 4.78 is 5.14. The van der Waals surface area contributed by atoms with Crippen LogP contribution in [-0.2, 0) is 4.74 Å². The van der Waals surface area contributed by atoms with Gasteiger partial charge in [0.15, 0.2) is 0 Å². The van der Waals surface area contributed by atoms with Gasteiger partial charge >= 0.3 is 5.97 Å². The lowest BCUT2D eigenvalue weighted by molar-refractivity contribution is 0.0525. The lowest BCUT2D eigenvalue weighted by Gasteiger charge is -2.25. The molecule has 2 rings (SSSR count). The van der Waals surface area contributed by atoms with Crippen LogP contribution in [0.15, 0.2) is 30.5 Å². The number of carbonyl (C=O) groups excluding carboxylic acids is 1. The van der Waals surface area contributed by atoms with Crippen molar-refractivity contribution in [2.75, 3.05) is 11.9 Å². The Balaban J connectivity index is 2.61. The van der Waals surface area contributed by atoms with Gasteiger partial charge in [-0.3, -0.25) is 5.41 Å². The normalized spacial score (nSPS) is 11.2. The SMILES string of the molecule is CCOC(=O)c1cnc(NC(C)(C)C)c(C(=N)c2ccc(C)cc2)c1C. The molecule has 0 aliphatic carbocycles. The van der Waals surface area contributed by atoms with Gasteiger partial charge < -0.3 is 10.1 Å². The van der Waals surface area contributed by atoms with Gasteiger partial charge in [0.2, 0.25) is 0 Å². The van der Waals surface area contributed by atoms with Crippen LogP contribution in [0.4, 0.5) is 5.82 Å². The van der Waals surface area contributed by atoms with Crippen LogP contribution in [0.5, 0.6) is 0 Å². The Morgan fingerprint density at radius 2 is 1.81 bits per heavy atom. The number of ether oxygens (including phenoxy) is 1. The maximum absolute atomic E-state index is 12.3. The Morgan fingerprint density at radius 1 is 1.19 bits per heavy atom. The molecule has 0 aliphatic rings. The minimum Gasteiger partial charge on any atom is -0.462 e. The van der Waals surface area contributed by atoms with Crippen molar-refractivity contribution in [3.8, 4) is 0 Å². The minimum absolute atomic E-state index is 0.229. The number of benzene rings is 1. The maximum Gasteiger partial charge on any atom is 0.339 e. The van der Waals surface area contributed by atoms with E-state index in [1.807, 2.05) is 58.9 Å². The van der Waals surface area contributed by atoms with Crippen molar-refractivity contribution < 1.29 is 9.53 Å². The molecule has 0 radical (unpaired) electrons. The van der Waals surface area contributed by atoms with Crippen LogP contribution in [0.1, 0.15) is 60.3 Å². The second-order valence-corrected chi connectivity index (χ2v) is 7.36. The number of pyridine rings is 1. The lowest BCUT2D eigenvalue weighted by atomic mass is 9.95. The quantitative estimate of drug-likeness (QED) is 0.613. The van der Waals surface area contributed by atoms with Gasteiger partial charge in [-0.15, -0.1) is 0 Å². The van der Waals surface area contributed by atoms with Gasteiger partial charge in [0.25, 0.3) is 0 Å². The van der Waals surface area contributed by atoms with E-state index >= 15 is 0 Å². The first-order valence-electron chi connectivity index (χ1n) is 8.75. The molecule has 2 aromatic rings. The van der Waals surface area contributed by atoms with Crippen LogP contribution >= 0.6 is 0 Å². The monoisotopic (exact) mass is 353 g/mol. The summed E-state index contributed by atoms with van der Waals surface area (Å²) in [6.07, 6.45) is 1.52. The number of nitrogens with one attached hydrogen (secondary N) is 2. The molecule has 1 aromatic heterocycles. The molecule has 0 bridgehead atoms. The summed E-state index contributed by atoms with van der Waals surface area (Å²) in [7, 11) is 0. The molecule has 26 heavy (non-hydrogen) atoms. The van der Waals surface area contributed by atoms with Crippen LogP contribution in [0.25, 0.3) is 0 Å². The van der Waals surface area contributed by atoms with Crippen LogP contribution in [0, 0.1) is 19.3 Å². The smallest absolute Gasteiger partial charge is 0.339 e. The van der Waals surface area contributed by atoms with Gasteiger partial charge in [-0.25, -0.2) is 9.78 Å². The van der Waals surface area contributed by atoms with Crippen LogP contribution in [0.3, 0.4) is 0 Å². The number of rotatable bonds is 5. The number of aromatic nitrogens is 1. The molecule has 0 aliphatic heterocycles. The summed E-state index contributed by atoms with van der Waals surface area (Å²) in [4.78, 5) is 16.7. The highest BCUT2D eigenvalue weighted by Gasteiger charge is 2.23. The molecule has 2 N–H and O–H groups in total. The average molecular weight is 353 g/mol. The summed E-state index contributed by atoms with van der Waals surface area (Å²) in [6, 6.07) is 7.77. The lowest BCUT2D eigenvalue weighted by Crippen LogP contribution is -2.29. The second-order valence-electron chi connectivity index (χ2n) is 7.36. The molecule has 138 valence electrons. The van der Waals surface area contributed by atoms with Crippen molar-refractivity contribution in [3.05, 3.63) is 58.3 Å². The Labute approximate surface area is 155 Å². The van der Waals surface area contributed by atoms with Crippen molar-refractivity contribution in [1.29, 1.82) is 5.41 Å². The van der Waals surface area contributed by atoms with Gasteiger partial charge in [0, 0.05) is 22.9 Å². The third-order valence-electron chi connectivity index (χ3n) is 3.92. The topological polar surface area (TPSA) is 75.1 Å². The standard InChI is InChI=1S/C21H27N3O2/c1-7-26-20(25)16-12-23-19(24-21(4,5)6)17(14(16)3)18(22)15-10-8-13(2)9-11-15/h8-12,22H,7H2,1-6H3,(H,23,24). The predicted octanol–water partition coefficient (Wildman–Crippen LogP) is 4.50. The Kier molecular flexibility index (Phi) is 5.80.